The molecule has 0 atom stereocenters. The van der Waals surface area contributed by atoms with Gasteiger partial charge >= 0.3 is 0 Å². The van der Waals surface area contributed by atoms with Crippen molar-refractivity contribution in [2.45, 2.75) is 19.0 Å². The maximum Gasteiger partial charge on any atom is 0.294 e. The molecule has 0 aliphatic carbocycles. The second-order valence-electron chi connectivity index (χ2n) is 4.54. The summed E-state index contributed by atoms with van der Waals surface area (Å²) in [6.45, 7) is 3.48. The Morgan fingerprint density at radius 3 is 2.82 bits per heavy atom. The van der Waals surface area contributed by atoms with Gasteiger partial charge in [0.15, 0.2) is 0 Å². The molecule has 9 heteroatoms. The molecular weight excluding hydrogens is 370 g/mol. The van der Waals surface area contributed by atoms with Crippen LogP contribution in [-0.4, -0.2) is 26.5 Å². The van der Waals surface area contributed by atoms with Gasteiger partial charge in [-0.3, -0.25) is 9.59 Å². The number of nitrogens with two attached hydrogens (primary N) is 1. The number of nitrogens with zero attached hydrogens (tertiary/aromatic N) is 3. The van der Waals surface area contributed by atoms with Gasteiger partial charge in [-0.05, 0) is 31.5 Å². The average molecular weight is 384 g/mol. The molecule has 1 aromatic heterocycles. The molecule has 2 aromatic rings. The topological polar surface area (TPSA) is 103 Å². The van der Waals surface area contributed by atoms with E-state index in [-0.39, 0.29) is 22.5 Å². The number of thioether (sulfide) groups is 1. The minimum atomic E-state index is -0.430. The molecule has 0 saturated heterocycles. The van der Waals surface area contributed by atoms with E-state index in [1.165, 1.54) is 6.92 Å². The lowest BCUT2D eigenvalue weighted by atomic mass is 10.2. The summed E-state index contributed by atoms with van der Waals surface area (Å²) >= 11 is 4.45. The molecule has 116 valence electrons. The van der Waals surface area contributed by atoms with Crippen LogP contribution >= 0.6 is 27.7 Å². The summed E-state index contributed by atoms with van der Waals surface area (Å²) in [5.74, 6) is 5.44. The number of aromatic nitrogens is 3. The average Bonchev–Trinajstić information content (AvgIpc) is 2.48. The number of hydrogen-bond donors (Lipinski definition) is 2. The minimum Gasteiger partial charge on any atom is -0.334 e. The number of nitrogens with one attached hydrogen (secondary N) is 1. The first-order chi connectivity index (χ1) is 10.4. The lowest BCUT2D eigenvalue weighted by Gasteiger charge is -2.08. The first-order valence-electron chi connectivity index (χ1n) is 6.28. The number of aryl methyl sites for hydroxylation is 2. The van der Waals surface area contributed by atoms with E-state index in [1.807, 2.05) is 25.1 Å². The number of benzene rings is 1. The monoisotopic (exact) mass is 383 g/mol. The van der Waals surface area contributed by atoms with Crippen LogP contribution in [0.15, 0.2) is 32.6 Å². The Bertz CT molecular complexity index is 778. The molecule has 0 radical (unpaired) electrons. The lowest BCUT2D eigenvalue weighted by molar-refractivity contribution is -0.113. The molecule has 0 spiro atoms. The molecule has 2 rings (SSSR count). The van der Waals surface area contributed by atoms with E-state index in [2.05, 4.69) is 31.4 Å². The number of halogens is 1. The van der Waals surface area contributed by atoms with E-state index in [9.17, 15) is 9.59 Å². The number of carbonyl (C=O) groups excluding carboxylic acids is 1. The largest absolute Gasteiger partial charge is 0.334 e. The summed E-state index contributed by atoms with van der Waals surface area (Å²) < 4.78 is 1.81. The van der Waals surface area contributed by atoms with Gasteiger partial charge in [0.05, 0.1) is 5.75 Å². The van der Waals surface area contributed by atoms with Crippen molar-refractivity contribution in [1.82, 2.24) is 14.9 Å². The number of carbonyl (C=O) groups is 1. The molecule has 3 N–H and O–H groups in total. The van der Waals surface area contributed by atoms with Crippen LogP contribution in [0.3, 0.4) is 0 Å². The summed E-state index contributed by atoms with van der Waals surface area (Å²) in [4.78, 5) is 23.5. The third kappa shape index (κ3) is 3.86. The smallest absolute Gasteiger partial charge is 0.294 e. The Morgan fingerprint density at radius 1 is 1.41 bits per heavy atom. The zero-order valence-corrected chi connectivity index (χ0v) is 14.4. The van der Waals surface area contributed by atoms with E-state index in [1.54, 1.807) is 0 Å². The third-order valence-electron chi connectivity index (χ3n) is 2.81. The number of nitrogen functional groups attached to an aromatic ring is 1. The fraction of sp³-hybridized carbons (Fsp3) is 0.231. The highest BCUT2D eigenvalue weighted by atomic mass is 79.9. The van der Waals surface area contributed by atoms with E-state index in [4.69, 9.17) is 5.84 Å². The lowest BCUT2D eigenvalue weighted by Crippen LogP contribution is -2.32. The minimum absolute atomic E-state index is 0.0693. The van der Waals surface area contributed by atoms with Crippen molar-refractivity contribution in [1.29, 1.82) is 0 Å². The van der Waals surface area contributed by atoms with Crippen molar-refractivity contribution >= 4 is 39.3 Å². The molecule has 1 amide bonds. The Kier molecular flexibility index (Phi) is 5.19. The second kappa shape index (κ2) is 6.93. The standard InChI is InChI=1S/C13H14BrN5O2S/c1-7-3-4-9(5-10(7)14)16-11(20)6-22-13-18-17-8(2)12(21)19(13)15/h3-5H,6,15H2,1-2H3,(H,16,20). The molecule has 1 heterocycles. The van der Waals surface area contributed by atoms with Gasteiger partial charge in [0, 0.05) is 10.2 Å². The van der Waals surface area contributed by atoms with Crippen LogP contribution in [0.25, 0.3) is 0 Å². The zero-order chi connectivity index (χ0) is 16.3. The van der Waals surface area contributed by atoms with Gasteiger partial charge in [0.25, 0.3) is 5.56 Å². The van der Waals surface area contributed by atoms with Crippen molar-refractivity contribution in [3.63, 3.8) is 0 Å². The van der Waals surface area contributed by atoms with Gasteiger partial charge in [0.1, 0.15) is 5.69 Å². The molecule has 1 aromatic carbocycles. The van der Waals surface area contributed by atoms with Crippen molar-refractivity contribution in [3.8, 4) is 0 Å². The summed E-state index contributed by atoms with van der Waals surface area (Å²) in [5.41, 5.74) is 1.54. The Hall–Kier alpha value is -1.87. The van der Waals surface area contributed by atoms with Crippen LogP contribution in [0, 0.1) is 13.8 Å². The zero-order valence-electron chi connectivity index (χ0n) is 12.0. The fourth-order valence-electron chi connectivity index (χ4n) is 1.57. The SMILES string of the molecule is Cc1ccc(NC(=O)CSc2nnc(C)c(=O)n2N)cc1Br. The fourth-order valence-corrected chi connectivity index (χ4v) is 2.60. The summed E-state index contributed by atoms with van der Waals surface area (Å²) in [7, 11) is 0. The molecule has 22 heavy (non-hydrogen) atoms. The molecule has 0 unspecified atom stereocenters. The first-order valence-corrected chi connectivity index (χ1v) is 8.06. The normalized spacial score (nSPS) is 10.5. The number of hydrogen-bond acceptors (Lipinski definition) is 6. The van der Waals surface area contributed by atoms with Crippen LogP contribution < -0.4 is 16.7 Å². The van der Waals surface area contributed by atoms with Crippen LogP contribution in [0.2, 0.25) is 0 Å². The van der Waals surface area contributed by atoms with E-state index in [0.717, 1.165) is 26.5 Å². The van der Waals surface area contributed by atoms with Gasteiger partial charge < -0.3 is 11.2 Å². The Morgan fingerprint density at radius 2 is 2.14 bits per heavy atom. The highest BCUT2D eigenvalue weighted by molar-refractivity contribution is 9.10. The van der Waals surface area contributed by atoms with Gasteiger partial charge in [-0.25, -0.2) is 0 Å². The van der Waals surface area contributed by atoms with E-state index in [0.29, 0.717) is 5.69 Å². The van der Waals surface area contributed by atoms with Crippen molar-refractivity contribution < 1.29 is 4.79 Å². The Balaban J connectivity index is 2.00. The van der Waals surface area contributed by atoms with Crippen molar-refractivity contribution in [3.05, 3.63) is 44.3 Å². The molecule has 0 aliphatic rings. The number of amides is 1. The summed E-state index contributed by atoms with van der Waals surface area (Å²) in [6, 6.07) is 5.53. The number of rotatable bonds is 4. The van der Waals surface area contributed by atoms with Gasteiger partial charge in [-0.1, -0.05) is 33.8 Å². The van der Waals surface area contributed by atoms with Crippen molar-refractivity contribution in [2.24, 2.45) is 0 Å². The number of anilines is 1. The molecule has 7 nitrogen and oxygen atoms in total. The quantitative estimate of drug-likeness (QED) is 0.611. The van der Waals surface area contributed by atoms with Gasteiger partial charge in [0.2, 0.25) is 11.1 Å². The maximum atomic E-state index is 11.9. The van der Waals surface area contributed by atoms with Crippen LogP contribution in [-0.2, 0) is 4.79 Å². The molecule has 0 saturated carbocycles. The van der Waals surface area contributed by atoms with Gasteiger partial charge in [-0.2, -0.15) is 4.68 Å². The highest BCUT2D eigenvalue weighted by Crippen LogP contribution is 2.21. The van der Waals surface area contributed by atoms with Crippen LogP contribution in [0.1, 0.15) is 11.3 Å². The summed E-state index contributed by atoms with van der Waals surface area (Å²) in [6.07, 6.45) is 0. The third-order valence-corrected chi connectivity index (χ3v) is 4.61. The first kappa shape index (κ1) is 16.5. The summed E-state index contributed by atoms with van der Waals surface area (Å²) in [5, 5.41) is 10.5. The molecule has 0 fully saturated rings. The van der Waals surface area contributed by atoms with Crippen LogP contribution in [0.5, 0.6) is 0 Å². The van der Waals surface area contributed by atoms with Gasteiger partial charge in [-0.15, -0.1) is 10.2 Å². The van der Waals surface area contributed by atoms with E-state index >= 15 is 0 Å². The van der Waals surface area contributed by atoms with Crippen LogP contribution in [0.4, 0.5) is 5.69 Å². The predicted octanol–water partition coefficient (Wildman–Crippen LogP) is 1.46. The highest BCUT2D eigenvalue weighted by Gasteiger charge is 2.10. The van der Waals surface area contributed by atoms with E-state index < -0.39 is 5.56 Å². The van der Waals surface area contributed by atoms with Crippen molar-refractivity contribution in [2.75, 3.05) is 16.9 Å². The second-order valence-corrected chi connectivity index (χ2v) is 6.34. The molecule has 0 aliphatic heterocycles. The Labute approximate surface area is 139 Å². The maximum absolute atomic E-state index is 11.9. The molecular formula is C13H14BrN5O2S. The molecule has 0 bridgehead atoms. The predicted molar refractivity (Wildman–Crippen MR) is 89.4 cm³/mol.